The molecule has 115 valence electrons. The molecule has 0 fully saturated rings. The van der Waals surface area contributed by atoms with Gasteiger partial charge in [0.2, 0.25) is 0 Å². The molecule has 0 rings (SSSR count). The molecule has 11 N–H and O–H groups in total. The number of nitrogens with zero attached hydrogens (tertiary/aromatic N) is 3. The molecule has 0 heterocycles. The summed E-state index contributed by atoms with van der Waals surface area (Å²) >= 11 is 0. The van der Waals surface area contributed by atoms with Crippen LogP contribution >= 0.6 is 0 Å². The van der Waals surface area contributed by atoms with Crippen LogP contribution in [0.1, 0.15) is 0 Å². The van der Waals surface area contributed by atoms with Gasteiger partial charge in [0.25, 0.3) is 5.09 Å². The minimum Gasteiger partial charge on any atom is -0.412 e. The molecule has 0 atom stereocenters. The van der Waals surface area contributed by atoms with E-state index < -0.39 is 15.3 Å². The van der Waals surface area contributed by atoms with Crippen LogP contribution in [0.25, 0.3) is 0 Å². The van der Waals surface area contributed by atoms with E-state index in [9.17, 15) is 0 Å². The van der Waals surface area contributed by atoms with Gasteiger partial charge in [-0.15, -0.1) is 10.1 Å². The van der Waals surface area contributed by atoms with Gasteiger partial charge in [-0.05, 0) is 0 Å². The Morgan fingerprint density at radius 2 is 0.611 bits per heavy atom. The van der Waals surface area contributed by atoms with Gasteiger partial charge in [-0.25, -0.2) is 0 Å². The van der Waals surface area contributed by atoms with Gasteiger partial charge in [-0.2, -0.15) is 0 Å². The summed E-state index contributed by atoms with van der Waals surface area (Å²) in [5, 5.41) is 43.1. The summed E-state index contributed by atoms with van der Waals surface area (Å²) in [4.78, 5) is 24.9. The van der Waals surface area contributed by atoms with E-state index in [1.807, 2.05) is 0 Å². The Morgan fingerprint density at radius 3 is 0.611 bits per heavy atom. The van der Waals surface area contributed by atoms with Gasteiger partial charge >= 0.3 is 0 Å². The first-order valence-corrected chi connectivity index (χ1v) is 1.66. The molecule has 0 saturated heterocycles. The molecular weight excluding hydrogens is 407 g/mol. The van der Waals surface area contributed by atoms with Crippen molar-refractivity contribution in [2.24, 2.45) is 0 Å². The van der Waals surface area contributed by atoms with Crippen molar-refractivity contribution in [3.63, 3.8) is 0 Å². The Bertz CT molecular complexity index is 115. The predicted molar refractivity (Wildman–Crippen MR) is 47.6 cm³/mol. The summed E-state index contributed by atoms with van der Waals surface area (Å²) in [7, 11) is 0. The molecule has 1 radical (unpaired) electrons. The third-order valence-corrected chi connectivity index (χ3v) is 0. The van der Waals surface area contributed by atoms with E-state index in [-0.39, 0.29) is 68.7 Å². The van der Waals surface area contributed by atoms with Crippen molar-refractivity contribution in [3.05, 3.63) is 40.8 Å². The second-order valence-electron chi connectivity index (χ2n) is 0.685. The molecule has 0 aliphatic carbocycles. The minimum absolute atomic E-state index is 0. The molecule has 0 aromatic carbocycles. The van der Waals surface area contributed by atoms with Gasteiger partial charge in [0.1, 0.15) is 0 Å². The number of hydrogen-bond acceptors (Lipinski definition) is 8. The summed E-state index contributed by atoms with van der Waals surface area (Å²) in [6.45, 7) is 0. The second kappa shape index (κ2) is 57.0. The Morgan fingerprint density at radius 1 is 0.611 bits per heavy atom. The molecule has 0 bridgehead atoms. The van der Waals surface area contributed by atoms with E-state index in [2.05, 4.69) is 0 Å². The van der Waals surface area contributed by atoms with Crippen LogP contribution in [-0.4, -0.2) is 47.8 Å². The van der Waals surface area contributed by atoms with Crippen LogP contribution in [0.2, 0.25) is 0 Å². The molecule has 0 amide bonds. The van der Waals surface area contributed by atoms with Gasteiger partial charge < -0.3 is 63.2 Å². The molecule has 0 aliphatic heterocycles. The minimum atomic E-state index is -1.75. The summed E-state index contributed by atoms with van der Waals surface area (Å²) < 4.78 is 0. The molecule has 0 spiro atoms. The van der Waals surface area contributed by atoms with Gasteiger partial charge in [0, 0.05) is 41.3 Å². The third kappa shape index (κ3) is 1830. The van der Waals surface area contributed by atoms with Gasteiger partial charge in [-0.3, -0.25) is 0 Å². The van der Waals surface area contributed by atoms with E-state index in [4.69, 9.17) is 46.0 Å². The Kier molecular flexibility index (Phi) is 219. The topological polar surface area (TPSA) is 353 Å². The largest absolute Gasteiger partial charge is 0.412 e. The van der Waals surface area contributed by atoms with Crippen LogP contribution in [0.3, 0.4) is 0 Å². The maximum Gasteiger partial charge on any atom is 0.291 e. The van der Waals surface area contributed by atoms with Crippen molar-refractivity contribution in [1.29, 1.82) is 0 Å². The van der Waals surface area contributed by atoms with Crippen LogP contribution in [0, 0.1) is 82.0 Å². The molecule has 0 aromatic heterocycles. The van der Waals surface area contributed by atoms with E-state index in [0.29, 0.717) is 0 Å². The molecule has 0 saturated carbocycles. The SMILES string of the molecule is O.O.O.O.O.O=[N+]([O-])O.O=[N+]([O-])[O-].O=[N+]([O-])[O-].[Pr]. The zero-order valence-electron chi connectivity index (χ0n) is 8.13. The Labute approximate surface area is 129 Å². The van der Waals surface area contributed by atoms with Crippen LogP contribution in [0.15, 0.2) is 0 Å². The average Bonchev–Trinajstić information content (AvgIpc) is 1.54. The summed E-state index contributed by atoms with van der Waals surface area (Å²) in [6.07, 6.45) is 0. The van der Waals surface area contributed by atoms with Crippen LogP contribution < -0.4 is 0 Å². The van der Waals surface area contributed by atoms with Gasteiger partial charge in [0.15, 0.2) is 0 Å². The average molecular weight is 418 g/mol. The molecule has 18 heavy (non-hydrogen) atoms. The summed E-state index contributed by atoms with van der Waals surface area (Å²) in [6, 6.07) is 0. The quantitative estimate of drug-likeness (QED) is 0.290. The smallest absolute Gasteiger partial charge is 0.291 e. The van der Waals surface area contributed by atoms with Gasteiger partial charge in [-0.1, -0.05) is 0 Å². The normalized spacial score (nSPS) is 4.00. The first kappa shape index (κ1) is 69.1. The van der Waals surface area contributed by atoms with E-state index >= 15 is 0 Å². The first-order chi connectivity index (χ1) is 5.20. The standard InChI is InChI=1S/HNO3.2NO3.5H2O.Pr/c3*2-1(3)4;;;;;;/h(H,2,3,4);;;5*1H2;/q;2*-1;;;;;;. The predicted octanol–water partition coefficient (Wildman–Crippen LogP) is -4.95. The third-order valence-electron chi connectivity index (χ3n) is 0. The maximum absolute atomic E-state index is 8.36. The van der Waals surface area contributed by atoms with E-state index in [1.165, 1.54) is 0 Å². The van der Waals surface area contributed by atoms with E-state index in [1.54, 1.807) is 0 Å². The molecule has 17 nitrogen and oxygen atoms in total. The van der Waals surface area contributed by atoms with Crippen molar-refractivity contribution < 1.29 is 89.1 Å². The second-order valence-corrected chi connectivity index (χ2v) is 0.685. The fraction of sp³-hybridized carbons (Fsp3) is 0. The molecule has 18 heteroatoms. The van der Waals surface area contributed by atoms with Crippen LogP contribution in [0.5, 0.6) is 0 Å². The van der Waals surface area contributed by atoms with Crippen LogP contribution in [0.4, 0.5) is 0 Å². The summed E-state index contributed by atoms with van der Waals surface area (Å²) in [5.74, 6) is 0. The molecule has 0 aromatic rings. The zero-order chi connectivity index (χ0) is 10.7. The zero-order valence-corrected chi connectivity index (χ0v) is 11.8. The Balaban J connectivity index is -0.00000000827. The molecule has 0 aliphatic rings. The maximum atomic E-state index is 8.36. The first-order valence-electron chi connectivity index (χ1n) is 1.66. The molecular formula is H11N3O14Pr-2. The van der Waals surface area contributed by atoms with Crippen molar-refractivity contribution in [2.45, 2.75) is 0 Å². The van der Waals surface area contributed by atoms with Crippen molar-refractivity contribution in [3.8, 4) is 0 Å². The van der Waals surface area contributed by atoms with Gasteiger partial charge in [0.05, 0.1) is 10.2 Å². The van der Waals surface area contributed by atoms with Crippen molar-refractivity contribution >= 4 is 0 Å². The van der Waals surface area contributed by atoms with E-state index in [0.717, 1.165) is 0 Å². The fourth-order valence-corrected chi connectivity index (χ4v) is 0. The van der Waals surface area contributed by atoms with Crippen molar-refractivity contribution in [1.82, 2.24) is 0 Å². The monoisotopic (exact) mass is 418 g/mol. The molecule has 0 unspecified atom stereocenters. The Hall–Kier alpha value is -1.24. The number of hydrogen-bond donors (Lipinski definition) is 1. The fourth-order valence-electron chi connectivity index (χ4n) is 0. The van der Waals surface area contributed by atoms with Crippen molar-refractivity contribution in [2.75, 3.05) is 0 Å². The van der Waals surface area contributed by atoms with Crippen LogP contribution in [-0.2, 0) is 0 Å². The number of rotatable bonds is 0. The summed E-state index contributed by atoms with van der Waals surface area (Å²) in [5.41, 5.74) is 0.